The van der Waals surface area contributed by atoms with Gasteiger partial charge in [-0.25, -0.2) is 4.79 Å². The quantitative estimate of drug-likeness (QED) is 0.733. The van der Waals surface area contributed by atoms with E-state index in [2.05, 4.69) is 19.6 Å². The Bertz CT molecular complexity index is 445. The van der Waals surface area contributed by atoms with Gasteiger partial charge >= 0.3 is 6.09 Å². The number of hydrogen-bond donors (Lipinski definition) is 0. The summed E-state index contributed by atoms with van der Waals surface area (Å²) < 4.78 is 6.20. The SMILES string of the molecule is CCOC(=O)n1ccc(=O)c([Si](C)(C)C)c1. The molecule has 1 aromatic rings. The van der Waals surface area contributed by atoms with Crippen molar-refractivity contribution in [1.29, 1.82) is 0 Å². The van der Waals surface area contributed by atoms with Gasteiger partial charge in [0.15, 0.2) is 5.43 Å². The third-order valence-electron chi connectivity index (χ3n) is 2.21. The molecule has 1 heterocycles. The van der Waals surface area contributed by atoms with Crippen LogP contribution < -0.4 is 10.6 Å². The van der Waals surface area contributed by atoms with Crippen molar-refractivity contribution in [2.24, 2.45) is 0 Å². The average Bonchev–Trinajstić information content (AvgIpc) is 2.16. The molecule has 0 amide bonds. The van der Waals surface area contributed by atoms with Crippen molar-refractivity contribution in [3.63, 3.8) is 0 Å². The third-order valence-corrected chi connectivity index (χ3v) is 4.20. The number of ether oxygens (including phenoxy) is 1. The molecule has 0 fully saturated rings. The van der Waals surface area contributed by atoms with Crippen LogP contribution in [0.3, 0.4) is 0 Å². The zero-order chi connectivity index (χ0) is 12.3. The highest BCUT2D eigenvalue weighted by molar-refractivity contribution is 6.88. The largest absolute Gasteiger partial charge is 0.449 e. The van der Waals surface area contributed by atoms with Crippen molar-refractivity contribution in [3.05, 3.63) is 28.7 Å². The number of hydrogen-bond acceptors (Lipinski definition) is 3. The number of rotatable bonds is 2. The topological polar surface area (TPSA) is 48.3 Å². The summed E-state index contributed by atoms with van der Waals surface area (Å²) in [7, 11) is -1.72. The van der Waals surface area contributed by atoms with E-state index in [0.717, 1.165) is 5.19 Å². The maximum atomic E-state index is 11.7. The predicted octanol–water partition coefficient (Wildman–Crippen LogP) is 1.40. The molecule has 0 aliphatic carbocycles. The standard InChI is InChI=1S/C11H17NO3Si/c1-5-15-11(14)12-7-6-9(13)10(8-12)16(2,3)4/h6-8H,5H2,1-4H3. The number of nitrogens with zero attached hydrogens (tertiary/aromatic N) is 1. The Morgan fingerprint density at radius 2 is 2.06 bits per heavy atom. The molecule has 0 radical (unpaired) electrons. The highest BCUT2D eigenvalue weighted by atomic mass is 28.3. The Kier molecular flexibility index (Phi) is 3.69. The zero-order valence-corrected chi connectivity index (χ0v) is 11.1. The number of pyridine rings is 1. The molecule has 0 atom stereocenters. The third kappa shape index (κ3) is 2.82. The lowest BCUT2D eigenvalue weighted by molar-refractivity contribution is 0.154. The fraction of sp³-hybridized carbons (Fsp3) is 0.455. The number of carbonyl (C=O) groups excluding carboxylic acids is 1. The van der Waals surface area contributed by atoms with Gasteiger partial charge in [0.25, 0.3) is 0 Å². The van der Waals surface area contributed by atoms with E-state index >= 15 is 0 Å². The van der Waals surface area contributed by atoms with E-state index in [-0.39, 0.29) is 5.43 Å². The summed E-state index contributed by atoms with van der Waals surface area (Å²) in [6.07, 6.45) is 2.61. The van der Waals surface area contributed by atoms with Crippen molar-refractivity contribution in [1.82, 2.24) is 4.57 Å². The second kappa shape index (κ2) is 4.65. The van der Waals surface area contributed by atoms with Crippen LogP contribution in [0, 0.1) is 0 Å². The van der Waals surface area contributed by atoms with Crippen LogP contribution in [0.1, 0.15) is 6.92 Å². The molecule has 1 rings (SSSR count). The lowest BCUT2D eigenvalue weighted by atomic mass is 10.5. The van der Waals surface area contributed by atoms with Gasteiger partial charge in [0.2, 0.25) is 0 Å². The molecule has 0 unspecified atom stereocenters. The van der Waals surface area contributed by atoms with Gasteiger partial charge in [-0.15, -0.1) is 0 Å². The molecular formula is C11H17NO3Si. The summed E-state index contributed by atoms with van der Waals surface area (Å²) in [5.41, 5.74) is -0.000264. The summed E-state index contributed by atoms with van der Waals surface area (Å²) in [6.45, 7) is 8.28. The molecule has 0 saturated heterocycles. The Morgan fingerprint density at radius 1 is 1.44 bits per heavy atom. The lowest BCUT2D eigenvalue weighted by Gasteiger charge is -2.16. The summed E-state index contributed by atoms with van der Waals surface area (Å²) in [4.78, 5) is 23.2. The Morgan fingerprint density at radius 3 is 2.56 bits per heavy atom. The molecule has 5 heteroatoms. The molecule has 1 aromatic heterocycles. The first-order chi connectivity index (χ1) is 7.36. The summed E-state index contributed by atoms with van der Waals surface area (Å²) in [6, 6.07) is 1.42. The van der Waals surface area contributed by atoms with E-state index in [0.29, 0.717) is 6.61 Å². The van der Waals surface area contributed by atoms with Crippen molar-refractivity contribution < 1.29 is 9.53 Å². The molecule has 0 saturated carbocycles. The van der Waals surface area contributed by atoms with Gasteiger partial charge in [-0.1, -0.05) is 19.6 Å². The summed E-state index contributed by atoms with van der Waals surface area (Å²) in [5, 5.41) is 0.739. The van der Waals surface area contributed by atoms with Crippen LogP contribution in [-0.2, 0) is 4.74 Å². The Hall–Kier alpha value is -1.36. The maximum Gasteiger partial charge on any atom is 0.417 e. The zero-order valence-electron chi connectivity index (χ0n) is 10.1. The normalized spacial score (nSPS) is 11.2. The fourth-order valence-corrected chi connectivity index (χ4v) is 2.71. The fourth-order valence-electron chi connectivity index (χ4n) is 1.36. The molecule has 0 spiro atoms. The van der Waals surface area contributed by atoms with Crippen LogP contribution in [-0.4, -0.2) is 25.3 Å². The first-order valence-corrected chi connectivity index (χ1v) is 8.76. The van der Waals surface area contributed by atoms with Crippen LogP contribution in [0.15, 0.2) is 23.3 Å². The highest BCUT2D eigenvalue weighted by Gasteiger charge is 2.21. The average molecular weight is 239 g/mol. The molecule has 4 nitrogen and oxygen atoms in total. The monoisotopic (exact) mass is 239 g/mol. The smallest absolute Gasteiger partial charge is 0.417 e. The minimum Gasteiger partial charge on any atom is -0.449 e. The Labute approximate surface area is 95.9 Å². The van der Waals surface area contributed by atoms with E-state index in [1.54, 1.807) is 13.1 Å². The van der Waals surface area contributed by atoms with E-state index < -0.39 is 14.2 Å². The van der Waals surface area contributed by atoms with Crippen LogP contribution in [0.5, 0.6) is 0 Å². The minimum absolute atomic E-state index is 0.000264. The molecular weight excluding hydrogens is 222 g/mol. The summed E-state index contributed by atoms with van der Waals surface area (Å²) >= 11 is 0. The van der Waals surface area contributed by atoms with Crippen molar-refractivity contribution in [2.75, 3.05) is 6.61 Å². The number of carbonyl (C=O) groups is 1. The van der Waals surface area contributed by atoms with Crippen LogP contribution in [0.25, 0.3) is 0 Å². The second-order valence-electron chi connectivity index (χ2n) is 4.58. The predicted molar refractivity (Wildman–Crippen MR) is 66.1 cm³/mol. The maximum absolute atomic E-state index is 11.7. The van der Waals surface area contributed by atoms with Gasteiger partial charge in [-0.2, -0.15) is 0 Å². The van der Waals surface area contributed by atoms with E-state index in [1.807, 2.05) is 0 Å². The second-order valence-corrected chi connectivity index (χ2v) is 9.62. The van der Waals surface area contributed by atoms with Gasteiger partial charge < -0.3 is 4.74 Å². The molecule has 16 heavy (non-hydrogen) atoms. The molecule has 0 aromatic carbocycles. The minimum atomic E-state index is -1.72. The van der Waals surface area contributed by atoms with Gasteiger partial charge in [-0.3, -0.25) is 9.36 Å². The molecule has 0 N–H and O–H groups in total. The molecule has 0 aliphatic heterocycles. The van der Waals surface area contributed by atoms with Gasteiger partial charge in [-0.05, 0) is 6.92 Å². The van der Waals surface area contributed by atoms with E-state index in [4.69, 9.17) is 4.74 Å². The van der Waals surface area contributed by atoms with Crippen LogP contribution in [0.4, 0.5) is 4.79 Å². The van der Waals surface area contributed by atoms with E-state index in [9.17, 15) is 9.59 Å². The van der Waals surface area contributed by atoms with Gasteiger partial charge in [0, 0.05) is 23.6 Å². The number of aromatic nitrogens is 1. The van der Waals surface area contributed by atoms with Crippen LogP contribution in [0.2, 0.25) is 19.6 Å². The van der Waals surface area contributed by atoms with Crippen molar-refractivity contribution >= 4 is 19.4 Å². The van der Waals surface area contributed by atoms with Crippen molar-refractivity contribution in [3.8, 4) is 0 Å². The molecule has 0 aliphatic rings. The highest BCUT2D eigenvalue weighted by Crippen LogP contribution is 1.99. The Balaban J connectivity index is 3.18. The molecule has 0 bridgehead atoms. The molecule has 88 valence electrons. The van der Waals surface area contributed by atoms with Gasteiger partial charge in [0.05, 0.1) is 14.7 Å². The van der Waals surface area contributed by atoms with Crippen molar-refractivity contribution in [2.45, 2.75) is 26.6 Å². The van der Waals surface area contributed by atoms with E-state index in [1.165, 1.54) is 16.8 Å². The lowest BCUT2D eigenvalue weighted by Crippen LogP contribution is -2.48. The first-order valence-electron chi connectivity index (χ1n) is 5.26. The van der Waals surface area contributed by atoms with Crippen LogP contribution >= 0.6 is 0 Å². The van der Waals surface area contributed by atoms with Gasteiger partial charge in [0.1, 0.15) is 0 Å². The summed E-state index contributed by atoms with van der Waals surface area (Å²) in [5.74, 6) is 0. The first kappa shape index (κ1) is 12.7.